The van der Waals surface area contributed by atoms with Crippen LogP contribution >= 0.6 is 11.6 Å². The molecule has 0 bridgehead atoms. The molecule has 0 atom stereocenters. The lowest BCUT2D eigenvalue weighted by molar-refractivity contribution is -0.133. The van der Waals surface area contributed by atoms with Gasteiger partial charge in [0.05, 0.1) is 17.8 Å². The SMILES string of the molecule is Cc1cc(-c2nc3c(=O)c(OC(=O)Cc4cccn4C)c[nH]c3nc2-c2ccccc2)cc(Cl)n1. The van der Waals surface area contributed by atoms with Gasteiger partial charge in [-0.2, -0.15) is 0 Å². The molecular weight excluding hydrogens is 466 g/mol. The fraction of sp³-hybridized carbons (Fsp3) is 0.115. The van der Waals surface area contributed by atoms with Crippen LogP contribution in [0.3, 0.4) is 0 Å². The normalized spacial score (nSPS) is 11.1. The summed E-state index contributed by atoms with van der Waals surface area (Å²) in [6, 6.07) is 16.7. The quantitative estimate of drug-likeness (QED) is 0.290. The van der Waals surface area contributed by atoms with Crippen molar-refractivity contribution < 1.29 is 9.53 Å². The van der Waals surface area contributed by atoms with Crippen molar-refractivity contribution in [3.63, 3.8) is 0 Å². The number of nitrogens with one attached hydrogen (secondary N) is 1. The zero-order valence-corrected chi connectivity index (χ0v) is 19.7. The molecule has 0 fully saturated rings. The van der Waals surface area contributed by atoms with Gasteiger partial charge in [-0.1, -0.05) is 41.9 Å². The monoisotopic (exact) mass is 485 g/mol. The number of H-pyrrole nitrogens is 1. The minimum atomic E-state index is -0.553. The summed E-state index contributed by atoms with van der Waals surface area (Å²) in [5.41, 5.74) is 3.79. The van der Waals surface area contributed by atoms with Gasteiger partial charge in [-0.15, -0.1) is 0 Å². The maximum atomic E-state index is 13.3. The van der Waals surface area contributed by atoms with Gasteiger partial charge in [0, 0.05) is 42.0 Å². The number of carbonyl (C=O) groups excluding carboxylic acids is 1. The Balaban J connectivity index is 1.62. The zero-order valence-electron chi connectivity index (χ0n) is 18.9. The zero-order chi connectivity index (χ0) is 24.5. The van der Waals surface area contributed by atoms with E-state index in [0.29, 0.717) is 27.8 Å². The number of aromatic nitrogens is 5. The topological polar surface area (TPSA) is 103 Å². The number of carbonyl (C=O) groups is 1. The molecule has 174 valence electrons. The highest BCUT2D eigenvalue weighted by molar-refractivity contribution is 6.29. The molecule has 1 aromatic carbocycles. The Morgan fingerprint density at radius 3 is 2.51 bits per heavy atom. The van der Waals surface area contributed by atoms with E-state index < -0.39 is 11.4 Å². The first-order valence-electron chi connectivity index (χ1n) is 10.8. The summed E-state index contributed by atoms with van der Waals surface area (Å²) in [5, 5.41) is 0.304. The fourth-order valence-electron chi connectivity index (χ4n) is 3.84. The van der Waals surface area contributed by atoms with Crippen molar-refractivity contribution in [2.75, 3.05) is 0 Å². The smallest absolute Gasteiger partial charge is 0.317 e. The number of aromatic amines is 1. The van der Waals surface area contributed by atoms with Crippen LogP contribution in [0.1, 0.15) is 11.4 Å². The Hall–Kier alpha value is -4.30. The Morgan fingerprint density at radius 1 is 1.03 bits per heavy atom. The Kier molecular flexibility index (Phi) is 5.88. The number of ether oxygens (including phenoxy) is 1. The van der Waals surface area contributed by atoms with Crippen LogP contribution in [-0.4, -0.2) is 30.5 Å². The number of benzene rings is 1. The molecule has 9 heteroatoms. The van der Waals surface area contributed by atoms with E-state index >= 15 is 0 Å². The number of hydrogen-bond acceptors (Lipinski definition) is 6. The molecule has 0 aliphatic heterocycles. The Labute approximate surface area is 205 Å². The number of halogens is 1. The first-order valence-corrected chi connectivity index (χ1v) is 11.2. The second-order valence-corrected chi connectivity index (χ2v) is 8.43. The molecule has 0 aliphatic rings. The van der Waals surface area contributed by atoms with Crippen molar-refractivity contribution in [1.29, 1.82) is 0 Å². The molecule has 0 saturated carbocycles. The Bertz CT molecular complexity index is 1610. The third kappa shape index (κ3) is 4.56. The largest absolute Gasteiger partial charge is 0.420 e. The van der Waals surface area contributed by atoms with E-state index in [4.69, 9.17) is 21.3 Å². The maximum absolute atomic E-state index is 13.3. The number of hydrogen-bond donors (Lipinski definition) is 1. The van der Waals surface area contributed by atoms with Gasteiger partial charge >= 0.3 is 5.97 Å². The summed E-state index contributed by atoms with van der Waals surface area (Å²) in [7, 11) is 1.83. The second kappa shape index (κ2) is 9.15. The Morgan fingerprint density at radius 2 is 1.80 bits per heavy atom. The van der Waals surface area contributed by atoms with Crippen LogP contribution in [0.4, 0.5) is 0 Å². The summed E-state index contributed by atoms with van der Waals surface area (Å²) < 4.78 is 7.20. The minimum absolute atomic E-state index is 0.0274. The van der Waals surface area contributed by atoms with Crippen LogP contribution in [0.5, 0.6) is 5.75 Å². The molecule has 4 heterocycles. The number of fused-ring (bicyclic) bond motifs is 1. The first-order chi connectivity index (χ1) is 16.9. The summed E-state index contributed by atoms with van der Waals surface area (Å²) >= 11 is 6.21. The molecule has 0 amide bonds. The number of pyridine rings is 2. The molecule has 0 radical (unpaired) electrons. The molecule has 1 N–H and O–H groups in total. The highest BCUT2D eigenvalue weighted by Crippen LogP contribution is 2.31. The van der Waals surface area contributed by atoms with E-state index in [-0.39, 0.29) is 23.3 Å². The first kappa shape index (κ1) is 22.5. The molecule has 0 spiro atoms. The summed E-state index contributed by atoms with van der Waals surface area (Å²) in [4.78, 5) is 42.3. The lowest BCUT2D eigenvalue weighted by atomic mass is 10.0. The standard InChI is InChI=1S/C26H20ClN5O3/c1-15-11-17(12-20(27)29-15)23-22(16-7-4-3-5-8-16)31-26-24(30-23)25(34)19(14-28-26)35-21(33)13-18-9-6-10-32(18)2/h3-12,14H,13H2,1-2H3,(H,28,31,34). The van der Waals surface area contributed by atoms with Crippen molar-refractivity contribution in [3.05, 3.63) is 93.8 Å². The van der Waals surface area contributed by atoms with Crippen LogP contribution in [0.25, 0.3) is 33.7 Å². The van der Waals surface area contributed by atoms with E-state index in [0.717, 1.165) is 11.3 Å². The third-order valence-corrected chi connectivity index (χ3v) is 5.71. The second-order valence-electron chi connectivity index (χ2n) is 8.05. The molecular formula is C26H20ClN5O3. The van der Waals surface area contributed by atoms with E-state index in [1.165, 1.54) is 6.20 Å². The molecule has 0 saturated heterocycles. The van der Waals surface area contributed by atoms with Gasteiger partial charge in [-0.3, -0.25) is 9.59 Å². The summed E-state index contributed by atoms with van der Waals surface area (Å²) in [6.45, 7) is 1.82. The lowest BCUT2D eigenvalue weighted by Gasteiger charge is -2.12. The van der Waals surface area contributed by atoms with Crippen LogP contribution < -0.4 is 10.2 Å². The van der Waals surface area contributed by atoms with E-state index in [2.05, 4.69) is 15.0 Å². The molecule has 8 nitrogen and oxygen atoms in total. The van der Waals surface area contributed by atoms with Gasteiger partial charge in [0.1, 0.15) is 5.15 Å². The molecule has 5 rings (SSSR count). The van der Waals surface area contributed by atoms with Crippen LogP contribution in [0.15, 0.2) is 71.8 Å². The molecule has 35 heavy (non-hydrogen) atoms. The van der Waals surface area contributed by atoms with E-state index in [1.54, 1.807) is 6.07 Å². The van der Waals surface area contributed by atoms with Crippen molar-refractivity contribution in [2.45, 2.75) is 13.3 Å². The van der Waals surface area contributed by atoms with Crippen LogP contribution in [-0.2, 0) is 18.3 Å². The average Bonchev–Trinajstić information content (AvgIpc) is 3.24. The van der Waals surface area contributed by atoms with Crippen molar-refractivity contribution >= 4 is 28.7 Å². The van der Waals surface area contributed by atoms with Crippen molar-refractivity contribution in [3.8, 4) is 28.3 Å². The molecule has 4 aromatic heterocycles. The van der Waals surface area contributed by atoms with Gasteiger partial charge in [0.2, 0.25) is 0 Å². The number of esters is 1. The summed E-state index contributed by atoms with van der Waals surface area (Å²) in [5.74, 6) is -0.698. The third-order valence-electron chi connectivity index (χ3n) is 5.52. The number of aryl methyl sites for hydroxylation is 2. The van der Waals surface area contributed by atoms with Gasteiger partial charge < -0.3 is 14.3 Å². The predicted octanol–water partition coefficient (Wildman–Crippen LogP) is 4.50. The minimum Gasteiger partial charge on any atom is -0.420 e. The molecule has 0 unspecified atom stereocenters. The lowest BCUT2D eigenvalue weighted by Crippen LogP contribution is -2.19. The van der Waals surface area contributed by atoms with Crippen molar-refractivity contribution in [1.82, 2.24) is 24.5 Å². The van der Waals surface area contributed by atoms with Crippen LogP contribution in [0, 0.1) is 6.92 Å². The number of nitrogens with zero attached hydrogens (tertiary/aromatic N) is 4. The molecule has 0 aliphatic carbocycles. The van der Waals surface area contributed by atoms with E-state index in [9.17, 15) is 9.59 Å². The van der Waals surface area contributed by atoms with Gasteiger partial charge in [0.25, 0.3) is 5.43 Å². The van der Waals surface area contributed by atoms with E-state index in [1.807, 2.05) is 73.3 Å². The number of rotatable bonds is 5. The predicted molar refractivity (Wildman–Crippen MR) is 133 cm³/mol. The maximum Gasteiger partial charge on any atom is 0.317 e. The highest BCUT2D eigenvalue weighted by atomic mass is 35.5. The van der Waals surface area contributed by atoms with Crippen LogP contribution in [0.2, 0.25) is 5.15 Å². The fourth-order valence-corrected chi connectivity index (χ4v) is 4.09. The van der Waals surface area contributed by atoms with Gasteiger partial charge in [0.15, 0.2) is 16.9 Å². The van der Waals surface area contributed by atoms with Crippen molar-refractivity contribution in [2.24, 2.45) is 7.05 Å². The summed E-state index contributed by atoms with van der Waals surface area (Å²) in [6.07, 6.45) is 3.20. The molecule has 5 aromatic rings. The average molecular weight is 486 g/mol. The van der Waals surface area contributed by atoms with Gasteiger partial charge in [-0.25, -0.2) is 15.0 Å². The van der Waals surface area contributed by atoms with Gasteiger partial charge in [-0.05, 0) is 31.2 Å². The highest BCUT2D eigenvalue weighted by Gasteiger charge is 2.19.